The van der Waals surface area contributed by atoms with Crippen molar-refractivity contribution in [3.05, 3.63) is 12.2 Å². The van der Waals surface area contributed by atoms with Gasteiger partial charge in [-0.1, -0.05) is 6.08 Å². The molecule has 0 aliphatic carbocycles. The fraction of sp³-hybridized carbons (Fsp3) is 0.500. The van der Waals surface area contributed by atoms with E-state index in [1.807, 2.05) is 0 Å². The molecule has 3 atom stereocenters. The summed E-state index contributed by atoms with van der Waals surface area (Å²) < 4.78 is -0.808. The van der Waals surface area contributed by atoms with E-state index in [0.29, 0.717) is 6.42 Å². The Morgan fingerprint density at radius 3 is 2.76 bits per heavy atom. The Morgan fingerprint density at radius 1 is 1.65 bits per heavy atom. The molecule has 6 nitrogen and oxygen atoms in total. The van der Waals surface area contributed by atoms with Crippen molar-refractivity contribution in [1.82, 2.24) is 4.90 Å². The predicted molar refractivity (Wildman–Crippen MR) is 61.0 cm³/mol. The molecule has 2 heterocycles. The molecular formula is C10H12N2O4S. The number of β-lactam (4-membered cyclic amide) rings is 1. The van der Waals surface area contributed by atoms with Gasteiger partial charge in [0.05, 0.1) is 16.5 Å². The number of carbonyl (C=O) groups excluding carboxylic acids is 2. The first-order valence-electron chi connectivity index (χ1n) is 5.05. The Labute approximate surface area is 102 Å². The van der Waals surface area contributed by atoms with Gasteiger partial charge in [-0.25, -0.2) is 4.79 Å². The van der Waals surface area contributed by atoms with Crippen LogP contribution in [-0.4, -0.2) is 44.0 Å². The highest BCUT2D eigenvalue weighted by Gasteiger charge is 2.59. The van der Waals surface area contributed by atoms with E-state index >= 15 is 0 Å². The number of thioether (sulfide) groups is 1. The van der Waals surface area contributed by atoms with Crippen LogP contribution in [0.3, 0.4) is 0 Å². The maximum Gasteiger partial charge on any atom is 0.328 e. The van der Waals surface area contributed by atoms with Gasteiger partial charge >= 0.3 is 5.97 Å². The van der Waals surface area contributed by atoms with Gasteiger partial charge in [-0.2, -0.15) is 0 Å². The normalized spacial score (nSPS) is 35.8. The summed E-state index contributed by atoms with van der Waals surface area (Å²) in [4.78, 5) is 34.7. The number of carboxylic acid groups (broad SMARTS) is 1. The van der Waals surface area contributed by atoms with E-state index < -0.39 is 22.7 Å². The Bertz CT molecular complexity index is 436. The van der Waals surface area contributed by atoms with E-state index in [1.54, 1.807) is 6.92 Å². The fourth-order valence-electron chi connectivity index (χ4n) is 2.19. The number of rotatable bonds is 3. The SMILES string of the molecule is C[C@]1(/C=C/C(N)=O)S[C@@H]2CC(=O)N2[C@H]1C(=O)O. The van der Waals surface area contributed by atoms with Crippen LogP contribution in [-0.2, 0) is 14.4 Å². The second kappa shape index (κ2) is 3.76. The average molecular weight is 256 g/mol. The quantitative estimate of drug-likeness (QED) is 0.526. The number of carbonyl (C=O) groups is 3. The monoisotopic (exact) mass is 256 g/mol. The molecule has 92 valence electrons. The van der Waals surface area contributed by atoms with Gasteiger partial charge in [0.15, 0.2) is 0 Å². The van der Waals surface area contributed by atoms with Crippen molar-refractivity contribution < 1.29 is 19.5 Å². The highest BCUT2D eigenvalue weighted by atomic mass is 32.2. The molecule has 0 radical (unpaired) electrons. The summed E-state index contributed by atoms with van der Waals surface area (Å²) >= 11 is 1.37. The van der Waals surface area contributed by atoms with Crippen LogP contribution in [0.25, 0.3) is 0 Å². The van der Waals surface area contributed by atoms with Gasteiger partial charge in [0.1, 0.15) is 6.04 Å². The molecule has 0 saturated carbocycles. The van der Waals surface area contributed by atoms with Crippen LogP contribution in [0.15, 0.2) is 12.2 Å². The lowest BCUT2D eigenvalue weighted by Crippen LogP contribution is -2.57. The molecule has 0 bridgehead atoms. The number of aliphatic carboxylic acids is 1. The minimum Gasteiger partial charge on any atom is -0.480 e. The van der Waals surface area contributed by atoms with Crippen LogP contribution in [0.2, 0.25) is 0 Å². The number of hydrogen-bond donors (Lipinski definition) is 2. The van der Waals surface area contributed by atoms with Gasteiger partial charge in [0.25, 0.3) is 0 Å². The standard InChI is InChI=1S/C10H12N2O4S/c1-10(3-2-5(11)13)8(9(15)16)12-6(14)4-7(12)17-10/h2-3,7-8H,4H2,1H3,(H2,11,13)(H,15,16)/b3-2+/t7-,8+,10-/m1/s1. The van der Waals surface area contributed by atoms with Gasteiger partial charge in [0, 0.05) is 6.08 Å². The van der Waals surface area contributed by atoms with E-state index in [9.17, 15) is 19.5 Å². The Hall–Kier alpha value is -1.50. The molecule has 0 aromatic heterocycles. The van der Waals surface area contributed by atoms with E-state index in [4.69, 9.17) is 5.73 Å². The summed E-state index contributed by atoms with van der Waals surface area (Å²) in [7, 11) is 0. The smallest absolute Gasteiger partial charge is 0.328 e. The van der Waals surface area contributed by atoms with Crippen LogP contribution >= 0.6 is 11.8 Å². The Balaban J connectivity index is 2.30. The lowest BCUT2D eigenvalue weighted by molar-refractivity contribution is -0.156. The fourth-order valence-corrected chi connectivity index (χ4v) is 3.84. The molecule has 0 aromatic carbocycles. The second-order valence-corrected chi connectivity index (χ2v) is 5.90. The minimum atomic E-state index is -1.07. The zero-order chi connectivity index (χ0) is 12.8. The molecule has 7 heteroatoms. The number of amides is 2. The van der Waals surface area contributed by atoms with Gasteiger partial charge in [-0.15, -0.1) is 11.8 Å². The van der Waals surface area contributed by atoms with E-state index in [2.05, 4.69) is 0 Å². The first-order valence-corrected chi connectivity index (χ1v) is 5.93. The van der Waals surface area contributed by atoms with Gasteiger partial charge in [-0.05, 0) is 6.92 Å². The number of nitrogens with two attached hydrogens (primary N) is 1. The lowest BCUT2D eigenvalue weighted by atomic mass is 9.96. The Kier molecular flexibility index (Phi) is 2.65. The summed E-state index contributed by atoms with van der Waals surface area (Å²) in [5.41, 5.74) is 5.00. The van der Waals surface area contributed by atoms with Crippen LogP contribution in [0.1, 0.15) is 13.3 Å². The van der Waals surface area contributed by atoms with Crippen molar-refractivity contribution in [2.75, 3.05) is 0 Å². The second-order valence-electron chi connectivity index (χ2n) is 4.24. The molecule has 0 unspecified atom stereocenters. The van der Waals surface area contributed by atoms with Crippen LogP contribution in [0.4, 0.5) is 0 Å². The number of fused-ring (bicyclic) bond motifs is 1. The molecule has 2 amide bonds. The van der Waals surface area contributed by atoms with Crippen molar-refractivity contribution in [3.63, 3.8) is 0 Å². The zero-order valence-corrected chi connectivity index (χ0v) is 9.94. The third-order valence-corrected chi connectivity index (χ3v) is 4.50. The van der Waals surface area contributed by atoms with Crippen molar-refractivity contribution in [3.8, 4) is 0 Å². The summed E-state index contributed by atoms with van der Waals surface area (Å²) in [6, 6.07) is -0.936. The van der Waals surface area contributed by atoms with Crippen LogP contribution in [0, 0.1) is 0 Å². The third kappa shape index (κ3) is 1.80. The number of hydrogen-bond acceptors (Lipinski definition) is 4. The molecular weight excluding hydrogens is 244 g/mol. The molecule has 2 aliphatic rings. The molecule has 2 fully saturated rings. The van der Waals surface area contributed by atoms with Crippen LogP contribution in [0.5, 0.6) is 0 Å². The summed E-state index contributed by atoms with van der Waals surface area (Å²) in [5, 5.41) is 9.09. The highest BCUT2D eigenvalue weighted by molar-refractivity contribution is 8.01. The zero-order valence-electron chi connectivity index (χ0n) is 9.12. The van der Waals surface area contributed by atoms with Gasteiger partial charge < -0.3 is 15.7 Å². The number of primary amides is 1. The molecule has 2 aliphatic heterocycles. The minimum absolute atomic E-state index is 0.105. The Morgan fingerprint density at radius 2 is 2.29 bits per heavy atom. The molecule has 0 spiro atoms. The van der Waals surface area contributed by atoms with Crippen LogP contribution < -0.4 is 5.73 Å². The summed E-state index contributed by atoms with van der Waals surface area (Å²) in [5.74, 6) is -1.85. The molecule has 17 heavy (non-hydrogen) atoms. The van der Waals surface area contributed by atoms with Gasteiger partial charge in [0.2, 0.25) is 11.8 Å². The first kappa shape index (κ1) is 12.0. The molecule has 2 rings (SSSR count). The highest BCUT2D eigenvalue weighted by Crippen LogP contribution is 2.51. The largest absolute Gasteiger partial charge is 0.480 e. The molecule has 3 N–H and O–H groups in total. The average Bonchev–Trinajstić information content (AvgIpc) is 2.45. The number of nitrogens with zero attached hydrogens (tertiary/aromatic N) is 1. The topological polar surface area (TPSA) is 101 Å². The lowest BCUT2D eigenvalue weighted by Gasteiger charge is -2.36. The molecule has 0 aromatic rings. The third-order valence-electron chi connectivity index (χ3n) is 2.97. The van der Waals surface area contributed by atoms with Gasteiger partial charge in [-0.3, -0.25) is 9.59 Å². The van der Waals surface area contributed by atoms with Crippen molar-refractivity contribution in [2.24, 2.45) is 5.73 Å². The summed E-state index contributed by atoms with van der Waals surface area (Å²) in [6.07, 6.45) is 2.98. The van der Waals surface area contributed by atoms with Crippen molar-refractivity contribution in [1.29, 1.82) is 0 Å². The summed E-state index contributed by atoms with van der Waals surface area (Å²) in [6.45, 7) is 1.70. The predicted octanol–water partition coefficient (Wildman–Crippen LogP) is -0.455. The molecule has 2 saturated heterocycles. The first-order chi connectivity index (χ1) is 7.85. The maximum absolute atomic E-state index is 11.4. The number of carboxylic acids is 1. The van der Waals surface area contributed by atoms with E-state index in [0.717, 1.165) is 6.08 Å². The van der Waals surface area contributed by atoms with E-state index in [-0.39, 0.29) is 11.3 Å². The van der Waals surface area contributed by atoms with E-state index in [1.165, 1.54) is 22.7 Å². The van der Waals surface area contributed by atoms with Crippen molar-refractivity contribution in [2.45, 2.75) is 29.5 Å². The van der Waals surface area contributed by atoms with Crippen molar-refractivity contribution >= 4 is 29.5 Å². The maximum atomic E-state index is 11.4.